The van der Waals surface area contributed by atoms with Crippen molar-refractivity contribution in [2.24, 2.45) is 0 Å². The van der Waals surface area contributed by atoms with Crippen molar-refractivity contribution in [1.82, 2.24) is 19.9 Å². The highest BCUT2D eigenvalue weighted by molar-refractivity contribution is 6.08. The average Bonchev–Trinajstić information content (AvgIpc) is 3.48. The van der Waals surface area contributed by atoms with Gasteiger partial charge in [-0.05, 0) is 52.6 Å². The molecule has 5 nitrogen and oxygen atoms in total. The maximum Gasteiger partial charge on any atom is 0.182 e. The van der Waals surface area contributed by atoms with Crippen LogP contribution in [0.15, 0.2) is 114 Å². The smallest absolute Gasteiger partial charge is 0.182 e. The van der Waals surface area contributed by atoms with E-state index in [9.17, 15) is 0 Å². The molecule has 0 amide bonds. The molecule has 0 fully saturated rings. The molecule has 0 aliphatic heterocycles. The number of furan rings is 1. The summed E-state index contributed by atoms with van der Waals surface area (Å²) in [5.41, 5.74) is 9.05. The van der Waals surface area contributed by atoms with Crippen molar-refractivity contribution in [3.8, 4) is 45.4 Å². The van der Waals surface area contributed by atoms with Gasteiger partial charge in [0, 0.05) is 33.5 Å². The fraction of sp³-hybridized carbons (Fsp3) is 0.0857. The second-order valence-electron chi connectivity index (χ2n) is 10.7. The normalized spacial score (nSPS) is 13.4. The van der Waals surface area contributed by atoms with Crippen LogP contribution in [0.1, 0.15) is 25.0 Å². The third-order valence-electron chi connectivity index (χ3n) is 7.97. The number of para-hydroxylation sites is 1. The van der Waals surface area contributed by atoms with Gasteiger partial charge in [-0.2, -0.15) is 0 Å². The Balaban J connectivity index is 1.38. The molecule has 8 rings (SSSR count). The SMILES string of the molecule is CC1(C)c2cc3oc4ccccc4c3cc2-c2cccc(-c3nc(-c4ccccc4)nc(-c4ccccn4)n3)c21. The molecule has 40 heavy (non-hydrogen) atoms. The van der Waals surface area contributed by atoms with E-state index in [2.05, 4.69) is 61.3 Å². The Labute approximate surface area is 231 Å². The molecule has 4 aromatic carbocycles. The Morgan fingerprint density at radius 3 is 2.17 bits per heavy atom. The Morgan fingerprint density at radius 1 is 0.575 bits per heavy atom. The summed E-state index contributed by atoms with van der Waals surface area (Å²) in [5, 5.41) is 2.26. The number of aromatic nitrogens is 4. The molecule has 3 heterocycles. The Bertz CT molecular complexity index is 2020. The number of benzene rings is 4. The summed E-state index contributed by atoms with van der Waals surface area (Å²) in [5.74, 6) is 1.82. The molecule has 0 radical (unpaired) electrons. The Morgan fingerprint density at radius 2 is 1.32 bits per heavy atom. The van der Waals surface area contributed by atoms with Crippen LogP contribution in [0.3, 0.4) is 0 Å². The van der Waals surface area contributed by atoms with E-state index in [0.29, 0.717) is 23.2 Å². The molecule has 0 saturated carbocycles. The lowest BCUT2D eigenvalue weighted by Crippen LogP contribution is -2.17. The number of hydrogen-bond donors (Lipinski definition) is 0. The first-order chi connectivity index (χ1) is 19.6. The topological polar surface area (TPSA) is 64.7 Å². The first kappa shape index (κ1) is 22.8. The quantitative estimate of drug-likeness (QED) is 0.236. The second kappa shape index (κ2) is 8.42. The van der Waals surface area contributed by atoms with Crippen molar-refractivity contribution in [3.05, 3.63) is 120 Å². The van der Waals surface area contributed by atoms with Crippen LogP contribution in [0.5, 0.6) is 0 Å². The zero-order valence-electron chi connectivity index (χ0n) is 22.1. The van der Waals surface area contributed by atoms with Gasteiger partial charge in [0.15, 0.2) is 17.5 Å². The molecule has 0 saturated heterocycles. The number of fused-ring (bicyclic) bond motifs is 6. The molecule has 1 aliphatic carbocycles. The van der Waals surface area contributed by atoms with Crippen molar-refractivity contribution in [2.75, 3.05) is 0 Å². The molecule has 0 atom stereocenters. The maximum absolute atomic E-state index is 6.27. The van der Waals surface area contributed by atoms with E-state index in [4.69, 9.17) is 19.4 Å². The van der Waals surface area contributed by atoms with Gasteiger partial charge in [-0.15, -0.1) is 0 Å². The maximum atomic E-state index is 6.27. The molecule has 0 spiro atoms. The van der Waals surface area contributed by atoms with Gasteiger partial charge < -0.3 is 4.42 Å². The lowest BCUT2D eigenvalue weighted by molar-refractivity contribution is 0.648. The summed E-state index contributed by atoms with van der Waals surface area (Å²) in [6, 6.07) is 35.0. The molecule has 190 valence electrons. The minimum Gasteiger partial charge on any atom is -0.456 e. The largest absolute Gasteiger partial charge is 0.456 e. The van der Waals surface area contributed by atoms with E-state index < -0.39 is 0 Å². The molecule has 0 N–H and O–H groups in total. The van der Waals surface area contributed by atoms with Crippen LogP contribution in [0.4, 0.5) is 0 Å². The lowest BCUT2D eigenvalue weighted by atomic mass is 9.80. The van der Waals surface area contributed by atoms with Gasteiger partial charge in [0.2, 0.25) is 0 Å². The van der Waals surface area contributed by atoms with Gasteiger partial charge in [-0.3, -0.25) is 4.98 Å². The highest BCUT2D eigenvalue weighted by Crippen LogP contribution is 2.53. The molecule has 0 unspecified atom stereocenters. The molecular formula is C35H24N4O. The summed E-state index contributed by atoms with van der Waals surface area (Å²) >= 11 is 0. The number of rotatable bonds is 3. The van der Waals surface area contributed by atoms with Gasteiger partial charge in [0.05, 0.1) is 0 Å². The molecule has 5 heteroatoms. The number of hydrogen-bond acceptors (Lipinski definition) is 5. The summed E-state index contributed by atoms with van der Waals surface area (Å²) in [6.07, 6.45) is 1.76. The standard InChI is InChI=1S/C35H24N4O/c1-35(2)27-20-30-26(22-13-6-7-17-29(22)40-30)19-25(27)23-14-10-15-24(31(23)35)33-37-32(21-11-4-3-5-12-21)38-34(39-33)28-16-8-9-18-36-28/h3-20H,1-2H3. The van der Waals surface area contributed by atoms with E-state index in [-0.39, 0.29) is 5.41 Å². The Hall–Kier alpha value is -5.16. The van der Waals surface area contributed by atoms with Crippen molar-refractivity contribution >= 4 is 21.9 Å². The van der Waals surface area contributed by atoms with E-state index in [0.717, 1.165) is 33.1 Å². The third-order valence-corrected chi connectivity index (χ3v) is 7.97. The predicted molar refractivity (Wildman–Crippen MR) is 159 cm³/mol. The summed E-state index contributed by atoms with van der Waals surface area (Å²) in [6.45, 7) is 4.54. The van der Waals surface area contributed by atoms with Gasteiger partial charge in [0.1, 0.15) is 16.9 Å². The fourth-order valence-electron chi connectivity index (χ4n) is 6.10. The molecule has 3 aromatic heterocycles. The van der Waals surface area contributed by atoms with Crippen LogP contribution in [0.2, 0.25) is 0 Å². The van der Waals surface area contributed by atoms with Crippen LogP contribution < -0.4 is 0 Å². The van der Waals surface area contributed by atoms with Gasteiger partial charge in [-0.1, -0.05) is 86.6 Å². The van der Waals surface area contributed by atoms with Crippen LogP contribution in [-0.2, 0) is 5.41 Å². The predicted octanol–water partition coefficient (Wildman–Crippen LogP) is 8.47. The van der Waals surface area contributed by atoms with E-state index in [1.807, 2.05) is 60.7 Å². The van der Waals surface area contributed by atoms with Gasteiger partial charge in [-0.25, -0.2) is 15.0 Å². The summed E-state index contributed by atoms with van der Waals surface area (Å²) in [7, 11) is 0. The molecule has 1 aliphatic rings. The number of nitrogens with zero attached hydrogens (tertiary/aromatic N) is 4. The highest BCUT2D eigenvalue weighted by Gasteiger charge is 2.39. The first-order valence-electron chi connectivity index (χ1n) is 13.4. The zero-order chi connectivity index (χ0) is 26.8. The van der Waals surface area contributed by atoms with Crippen molar-refractivity contribution in [1.29, 1.82) is 0 Å². The van der Waals surface area contributed by atoms with Crippen molar-refractivity contribution < 1.29 is 4.42 Å². The van der Waals surface area contributed by atoms with Crippen LogP contribution in [0.25, 0.3) is 67.4 Å². The van der Waals surface area contributed by atoms with Crippen LogP contribution >= 0.6 is 0 Å². The average molecular weight is 517 g/mol. The van der Waals surface area contributed by atoms with E-state index in [1.54, 1.807) is 6.20 Å². The first-order valence-corrected chi connectivity index (χ1v) is 13.4. The fourth-order valence-corrected chi connectivity index (χ4v) is 6.10. The van der Waals surface area contributed by atoms with Crippen LogP contribution in [0, 0.1) is 0 Å². The summed E-state index contributed by atoms with van der Waals surface area (Å²) in [4.78, 5) is 19.4. The highest BCUT2D eigenvalue weighted by atomic mass is 16.3. The molecular weight excluding hydrogens is 492 g/mol. The van der Waals surface area contributed by atoms with Gasteiger partial charge >= 0.3 is 0 Å². The molecule has 0 bridgehead atoms. The Kier molecular flexibility index (Phi) is 4.80. The van der Waals surface area contributed by atoms with Crippen molar-refractivity contribution in [3.63, 3.8) is 0 Å². The monoisotopic (exact) mass is 516 g/mol. The van der Waals surface area contributed by atoms with Gasteiger partial charge in [0.25, 0.3) is 0 Å². The van der Waals surface area contributed by atoms with Crippen molar-refractivity contribution in [2.45, 2.75) is 19.3 Å². The summed E-state index contributed by atoms with van der Waals surface area (Å²) < 4.78 is 6.27. The van der Waals surface area contributed by atoms with E-state index in [1.165, 1.54) is 22.3 Å². The third kappa shape index (κ3) is 3.34. The zero-order valence-corrected chi connectivity index (χ0v) is 22.1. The molecule has 7 aromatic rings. The van der Waals surface area contributed by atoms with E-state index >= 15 is 0 Å². The minimum absolute atomic E-state index is 0.293. The van der Waals surface area contributed by atoms with Crippen LogP contribution in [-0.4, -0.2) is 19.9 Å². The number of pyridine rings is 1. The second-order valence-corrected chi connectivity index (χ2v) is 10.7. The lowest BCUT2D eigenvalue weighted by Gasteiger charge is -2.24. The minimum atomic E-state index is -0.293.